The van der Waals surface area contributed by atoms with Crippen LogP contribution in [0.25, 0.3) is 50.0 Å². The van der Waals surface area contributed by atoms with E-state index in [0.717, 1.165) is 16.6 Å². The van der Waals surface area contributed by atoms with Crippen molar-refractivity contribution in [3.8, 4) is 17.1 Å². The Hall–Kier alpha value is -3.85. The fourth-order valence-corrected chi connectivity index (χ4v) is 5.47. The van der Waals surface area contributed by atoms with Crippen molar-refractivity contribution in [2.75, 3.05) is 0 Å². The smallest absolute Gasteiger partial charge is 0.307 e. The van der Waals surface area contributed by atoms with E-state index in [-0.39, 0.29) is 5.41 Å². The molecule has 31 heavy (non-hydrogen) atoms. The van der Waals surface area contributed by atoms with Crippen LogP contribution in [0.4, 0.5) is 0 Å². The van der Waals surface area contributed by atoms with E-state index in [9.17, 15) is 0 Å². The molecule has 0 spiro atoms. The molecule has 148 valence electrons. The monoisotopic (exact) mass is 400 g/mol. The first-order chi connectivity index (χ1) is 15.1. The van der Waals surface area contributed by atoms with E-state index in [1.165, 1.54) is 38.5 Å². The van der Waals surface area contributed by atoms with Crippen molar-refractivity contribution in [1.82, 2.24) is 9.55 Å². The first-order valence-electron chi connectivity index (χ1n) is 10.7. The molecule has 0 atom stereocenters. The Labute approximate surface area is 179 Å². The van der Waals surface area contributed by atoms with Gasteiger partial charge in [-0.25, -0.2) is 0 Å². The van der Waals surface area contributed by atoms with Crippen LogP contribution in [0.15, 0.2) is 89.3 Å². The molecule has 6 aromatic rings. The van der Waals surface area contributed by atoms with Crippen molar-refractivity contribution in [3.63, 3.8) is 0 Å². The lowest BCUT2D eigenvalue weighted by Gasteiger charge is -2.23. The number of oxazole rings is 1. The zero-order valence-electron chi connectivity index (χ0n) is 17.4. The summed E-state index contributed by atoms with van der Waals surface area (Å²) in [6, 6.07) is 30.4. The van der Waals surface area contributed by atoms with Gasteiger partial charge in [-0.3, -0.25) is 4.57 Å². The minimum Gasteiger partial charge on any atom is -0.423 e. The van der Waals surface area contributed by atoms with Crippen molar-refractivity contribution < 1.29 is 4.42 Å². The normalized spacial score (nSPS) is 14.4. The van der Waals surface area contributed by atoms with E-state index in [2.05, 4.69) is 79.1 Å². The third kappa shape index (κ3) is 2.05. The second kappa shape index (κ2) is 5.64. The fourth-order valence-electron chi connectivity index (χ4n) is 5.47. The lowest BCUT2D eigenvalue weighted by atomic mass is 9.81. The van der Waals surface area contributed by atoms with Crippen LogP contribution in [0.2, 0.25) is 0 Å². The highest BCUT2D eigenvalue weighted by Crippen LogP contribution is 2.52. The predicted molar refractivity (Wildman–Crippen MR) is 126 cm³/mol. The van der Waals surface area contributed by atoms with Crippen LogP contribution in [0.1, 0.15) is 25.0 Å². The van der Waals surface area contributed by atoms with Gasteiger partial charge >= 0.3 is 6.01 Å². The van der Waals surface area contributed by atoms with Crippen molar-refractivity contribution in [2.45, 2.75) is 19.3 Å². The molecule has 2 aromatic heterocycles. The molecule has 0 aliphatic heterocycles. The van der Waals surface area contributed by atoms with Crippen LogP contribution >= 0.6 is 0 Å². The SMILES string of the molecule is CC1(C)c2ccccc2-c2ccc3c4ccccc4n(-c4nc5ccccc5o4)c3c21. The van der Waals surface area contributed by atoms with Gasteiger partial charge in [-0.15, -0.1) is 0 Å². The van der Waals surface area contributed by atoms with Gasteiger partial charge in [0.2, 0.25) is 0 Å². The van der Waals surface area contributed by atoms with E-state index in [0.29, 0.717) is 6.01 Å². The lowest BCUT2D eigenvalue weighted by Crippen LogP contribution is -2.16. The molecule has 0 N–H and O–H groups in total. The Bertz CT molecular complexity index is 1630. The number of nitrogens with zero attached hydrogens (tertiary/aromatic N) is 2. The summed E-state index contributed by atoms with van der Waals surface area (Å²) in [4.78, 5) is 4.87. The van der Waals surface area contributed by atoms with Gasteiger partial charge in [-0.1, -0.05) is 80.6 Å². The summed E-state index contributed by atoms with van der Waals surface area (Å²) in [6.45, 7) is 4.65. The number of rotatable bonds is 1. The number of aromatic nitrogens is 2. The second-order valence-electron chi connectivity index (χ2n) is 8.87. The average molecular weight is 400 g/mol. The third-order valence-corrected chi connectivity index (χ3v) is 6.83. The molecule has 0 radical (unpaired) electrons. The quantitative estimate of drug-likeness (QED) is 0.291. The molecule has 1 aliphatic carbocycles. The van der Waals surface area contributed by atoms with Gasteiger partial charge < -0.3 is 4.42 Å². The topological polar surface area (TPSA) is 31.0 Å². The van der Waals surface area contributed by atoms with Crippen LogP contribution in [0.3, 0.4) is 0 Å². The minimum absolute atomic E-state index is 0.121. The molecule has 0 bridgehead atoms. The zero-order chi connectivity index (χ0) is 20.7. The number of hydrogen-bond acceptors (Lipinski definition) is 2. The third-order valence-electron chi connectivity index (χ3n) is 6.83. The van der Waals surface area contributed by atoms with Gasteiger partial charge in [0.1, 0.15) is 5.52 Å². The van der Waals surface area contributed by atoms with Crippen LogP contribution in [-0.4, -0.2) is 9.55 Å². The highest BCUT2D eigenvalue weighted by atomic mass is 16.4. The summed E-state index contributed by atoms with van der Waals surface area (Å²) in [5.74, 6) is 0. The van der Waals surface area contributed by atoms with Crippen molar-refractivity contribution in [3.05, 3.63) is 96.1 Å². The molecule has 3 nitrogen and oxygen atoms in total. The Morgan fingerprint density at radius 1 is 0.742 bits per heavy atom. The number of para-hydroxylation sites is 3. The number of fused-ring (bicyclic) bond motifs is 8. The van der Waals surface area contributed by atoms with E-state index in [1.54, 1.807) is 0 Å². The summed E-state index contributed by atoms with van der Waals surface area (Å²) >= 11 is 0. The summed E-state index contributed by atoms with van der Waals surface area (Å²) in [5, 5.41) is 2.45. The van der Waals surface area contributed by atoms with Crippen LogP contribution in [0.5, 0.6) is 0 Å². The van der Waals surface area contributed by atoms with Crippen molar-refractivity contribution >= 4 is 32.9 Å². The Morgan fingerprint density at radius 3 is 2.42 bits per heavy atom. The van der Waals surface area contributed by atoms with Gasteiger partial charge in [0, 0.05) is 16.2 Å². The standard InChI is InChI=1S/C28H20N2O/c1-28(2)21-11-5-3-9-17(21)19-15-16-20-18-10-4-7-13-23(18)30(26(20)25(19)28)27-29-22-12-6-8-14-24(22)31-27/h3-16H,1-2H3. The first kappa shape index (κ1) is 16.9. The van der Waals surface area contributed by atoms with Crippen LogP contribution in [0, 0.1) is 0 Å². The van der Waals surface area contributed by atoms with Gasteiger partial charge in [-0.2, -0.15) is 4.98 Å². The minimum atomic E-state index is -0.121. The maximum Gasteiger partial charge on any atom is 0.307 e. The van der Waals surface area contributed by atoms with Gasteiger partial charge in [0.05, 0.1) is 11.0 Å². The lowest BCUT2D eigenvalue weighted by molar-refractivity contribution is 0.572. The van der Waals surface area contributed by atoms with E-state index < -0.39 is 0 Å². The molecule has 2 heterocycles. The molecule has 1 aliphatic rings. The molecule has 3 heteroatoms. The Balaban J connectivity index is 1.70. The maximum atomic E-state index is 6.29. The highest BCUT2D eigenvalue weighted by Gasteiger charge is 2.38. The van der Waals surface area contributed by atoms with E-state index >= 15 is 0 Å². The van der Waals surface area contributed by atoms with E-state index in [1.807, 2.05) is 24.3 Å². The highest BCUT2D eigenvalue weighted by molar-refractivity contribution is 6.12. The fraction of sp³-hybridized carbons (Fsp3) is 0.107. The molecular formula is C28H20N2O. The van der Waals surface area contributed by atoms with Gasteiger partial charge in [0.15, 0.2) is 5.58 Å². The summed E-state index contributed by atoms with van der Waals surface area (Å²) in [7, 11) is 0. The van der Waals surface area contributed by atoms with Gasteiger partial charge in [-0.05, 0) is 40.5 Å². The van der Waals surface area contributed by atoms with Crippen molar-refractivity contribution in [2.24, 2.45) is 0 Å². The first-order valence-corrected chi connectivity index (χ1v) is 10.7. The maximum absolute atomic E-state index is 6.29. The van der Waals surface area contributed by atoms with Crippen LogP contribution < -0.4 is 0 Å². The van der Waals surface area contributed by atoms with Gasteiger partial charge in [0.25, 0.3) is 0 Å². The largest absolute Gasteiger partial charge is 0.423 e. The van der Waals surface area contributed by atoms with Crippen LogP contribution in [-0.2, 0) is 5.41 Å². The summed E-state index contributed by atoms with van der Waals surface area (Å²) in [6.07, 6.45) is 0. The summed E-state index contributed by atoms with van der Waals surface area (Å²) < 4.78 is 8.50. The molecule has 4 aromatic carbocycles. The second-order valence-corrected chi connectivity index (χ2v) is 8.87. The predicted octanol–water partition coefficient (Wildman–Crippen LogP) is 7.23. The van der Waals surface area contributed by atoms with Crippen molar-refractivity contribution in [1.29, 1.82) is 0 Å². The zero-order valence-corrected chi connectivity index (χ0v) is 17.4. The summed E-state index contributed by atoms with van der Waals surface area (Å²) in [5.41, 5.74) is 9.18. The molecular weight excluding hydrogens is 380 g/mol. The Morgan fingerprint density at radius 2 is 1.52 bits per heavy atom. The molecule has 0 saturated carbocycles. The molecule has 0 saturated heterocycles. The number of hydrogen-bond donors (Lipinski definition) is 0. The Kier molecular flexibility index (Phi) is 3.07. The molecule has 7 rings (SSSR count). The van der Waals surface area contributed by atoms with E-state index in [4.69, 9.17) is 9.40 Å². The molecule has 0 unspecified atom stereocenters. The molecule has 0 amide bonds. The molecule has 0 fully saturated rings. The number of benzene rings is 4. The average Bonchev–Trinajstić information content (AvgIpc) is 3.43.